The zero-order valence-corrected chi connectivity index (χ0v) is 13.6. The molecule has 0 aliphatic carbocycles. The average molecular weight is 339 g/mol. The number of hydrogen-bond donors (Lipinski definition) is 1. The largest absolute Gasteiger partial charge is 0.361 e. The number of carbonyl (C=O) groups is 1. The van der Waals surface area contributed by atoms with E-state index in [1.807, 2.05) is 0 Å². The van der Waals surface area contributed by atoms with E-state index in [1.165, 1.54) is 11.0 Å². The van der Waals surface area contributed by atoms with Crippen molar-refractivity contribution in [3.63, 3.8) is 0 Å². The number of rotatable bonds is 3. The summed E-state index contributed by atoms with van der Waals surface area (Å²) in [6.07, 6.45) is 0. The molecule has 0 saturated carbocycles. The first kappa shape index (κ1) is 16.0. The van der Waals surface area contributed by atoms with Gasteiger partial charge in [0, 0.05) is 6.07 Å². The highest BCUT2D eigenvalue weighted by Crippen LogP contribution is 2.17. The van der Waals surface area contributed by atoms with Gasteiger partial charge in [0.1, 0.15) is 18.1 Å². The van der Waals surface area contributed by atoms with Crippen molar-refractivity contribution < 1.29 is 18.6 Å². The Kier molecular flexibility index (Phi) is 4.63. The molecule has 1 aliphatic rings. The van der Waals surface area contributed by atoms with Gasteiger partial charge in [-0.15, -0.1) is 0 Å². The third kappa shape index (κ3) is 3.54. The molecule has 0 spiro atoms. The first-order valence-electron chi connectivity index (χ1n) is 7.53. The van der Waals surface area contributed by atoms with Crippen molar-refractivity contribution in [3.05, 3.63) is 52.1 Å². The lowest BCUT2D eigenvalue weighted by molar-refractivity contribution is -0.917. The van der Waals surface area contributed by atoms with Crippen molar-refractivity contribution in [2.24, 2.45) is 0 Å². The predicted octanol–water partition coefficient (Wildman–Crippen LogP) is 1.32. The molecule has 1 aliphatic heterocycles. The van der Waals surface area contributed by atoms with Crippen molar-refractivity contribution in [1.82, 2.24) is 10.1 Å². The van der Waals surface area contributed by atoms with E-state index in [0.717, 1.165) is 13.1 Å². The third-order valence-electron chi connectivity index (χ3n) is 4.09. The first-order chi connectivity index (χ1) is 11.0. The Morgan fingerprint density at radius 3 is 2.78 bits per heavy atom. The summed E-state index contributed by atoms with van der Waals surface area (Å²) < 4.78 is 18.8. The highest BCUT2D eigenvalue weighted by atomic mass is 35.5. The van der Waals surface area contributed by atoms with Gasteiger partial charge in [-0.1, -0.05) is 22.8 Å². The van der Waals surface area contributed by atoms with Crippen LogP contribution in [0, 0.1) is 12.7 Å². The van der Waals surface area contributed by atoms with E-state index in [2.05, 4.69) is 5.16 Å². The van der Waals surface area contributed by atoms with Gasteiger partial charge in [0.15, 0.2) is 5.69 Å². The molecule has 1 N–H and O–H groups in total. The van der Waals surface area contributed by atoms with Gasteiger partial charge >= 0.3 is 0 Å². The SMILES string of the molecule is Cc1cc(C(=O)N2CC[NH+](Cc3c(F)cccc3Cl)CC2)no1. The molecule has 0 atom stereocenters. The normalized spacial score (nSPS) is 15.9. The first-order valence-corrected chi connectivity index (χ1v) is 7.91. The van der Waals surface area contributed by atoms with E-state index in [9.17, 15) is 9.18 Å². The van der Waals surface area contributed by atoms with Crippen LogP contribution in [0.2, 0.25) is 5.02 Å². The van der Waals surface area contributed by atoms with Crippen LogP contribution in [-0.2, 0) is 6.54 Å². The van der Waals surface area contributed by atoms with Gasteiger partial charge in [0.2, 0.25) is 0 Å². The molecule has 3 rings (SSSR count). The van der Waals surface area contributed by atoms with Crippen LogP contribution in [0.1, 0.15) is 21.8 Å². The van der Waals surface area contributed by atoms with Crippen LogP contribution in [0.4, 0.5) is 4.39 Å². The summed E-state index contributed by atoms with van der Waals surface area (Å²) in [5, 5.41) is 4.21. The molecule has 0 bridgehead atoms. The van der Waals surface area contributed by atoms with E-state index in [4.69, 9.17) is 16.1 Å². The van der Waals surface area contributed by atoms with Gasteiger partial charge in [0.25, 0.3) is 5.91 Å². The second kappa shape index (κ2) is 6.68. The molecule has 1 aromatic carbocycles. The number of amides is 1. The highest BCUT2D eigenvalue weighted by Gasteiger charge is 2.27. The van der Waals surface area contributed by atoms with Crippen LogP contribution in [0.15, 0.2) is 28.8 Å². The van der Waals surface area contributed by atoms with E-state index >= 15 is 0 Å². The maximum absolute atomic E-state index is 13.9. The predicted molar refractivity (Wildman–Crippen MR) is 83.0 cm³/mol. The second-order valence-electron chi connectivity index (χ2n) is 5.74. The molecule has 7 heteroatoms. The number of halogens is 2. The van der Waals surface area contributed by atoms with Crippen molar-refractivity contribution in [2.75, 3.05) is 26.2 Å². The highest BCUT2D eigenvalue weighted by molar-refractivity contribution is 6.31. The summed E-state index contributed by atoms with van der Waals surface area (Å²) in [5.41, 5.74) is 0.874. The molecule has 1 aromatic heterocycles. The molecule has 2 aromatic rings. The van der Waals surface area contributed by atoms with E-state index in [0.29, 0.717) is 41.7 Å². The Hall–Kier alpha value is -1.92. The minimum Gasteiger partial charge on any atom is -0.361 e. The second-order valence-corrected chi connectivity index (χ2v) is 6.15. The minimum atomic E-state index is -0.276. The van der Waals surface area contributed by atoms with Gasteiger partial charge in [-0.2, -0.15) is 0 Å². The summed E-state index contributed by atoms with van der Waals surface area (Å²) in [6.45, 7) is 4.97. The van der Waals surface area contributed by atoms with Gasteiger partial charge in [0.05, 0.1) is 36.8 Å². The molecule has 1 saturated heterocycles. The number of aryl methyl sites for hydroxylation is 1. The molecular weight excluding hydrogens is 321 g/mol. The quantitative estimate of drug-likeness (QED) is 0.918. The van der Waals surface area contributed by atoms with Crippen molar-refractivity contribution in [3.8, 4) is 0 Å². The maximum Gasteiger partial charge on any atom is 0.276 e. The van der Waals surface area contributed by atoms with Gasteiger partial charge < -0.3 is 14.3 Å². The summed E-state index contributed by atoms with van der Waals surface area (Å²) >= 11 is 6.07. The smallest absolute Gasteiger partial charge is 0.276 e. The van der Waals surface area contributed by atoms with Crippen LogP contribution < -0.4 is 4.90 Å². The van der Waals surface area contributed by atoms with Crippen molar-refractivity contribution >= 4 is 17.5 Å². The number of carbonyl (C=O) groups excluding carboxylic acids is 1. The molecule has 0 radical (unpaired) electrons. The van der Waals surface area contributed by atoms with Crippen LogP contribution >= 0.6 is 11.6 Å². The number of hydrogen-bond acceptors (Lipinski definition) is 3. The summed E-state index contributed by atoms with van der Waals surface area (Å²) in [4.78, 5) is 15.3. The monoisotopic (exact) mass is 338 g/mol. The van der Waals surface area contributed by atoms with Gasteiger partial charge in [-0.05, 0) is 19.1 Å². The molecule has 1 amide bonds. The zero-order valence-electron chi connectivity index (χ0n) is 12.8. The van der Waals surface area contributed by atoms with Crippen LogP contribution in [0.3, 0.4) is 0 Å². The topological polar surface area (TPSA) is 50.8 Å². The minimum absolute atomic E-state index is 0.121. The van der Waals surface area contributed by atoms with E-state index in [-0.39, 0.29) is 11.7 Å². The number of piperazine rings is 1. The lowest BCUT2D eigenvalue weighted by atomic mass is 10.1. The fourth-order valence-corrected chi connectivity index (χ4v) is 3.01. The van der Waals surface area contributed by atoms with Crippen LogP contribution in [-0.4, -0.2) is 42.1 Å². The van der Waals surface area contributed by atoms with Crippen LogP contribution in [0.25, 0.3) is 0 Å². The lowest BCUT2D eigenvalue weighted by Gasteiger charge is -2.32. The Morgan fingerprint density at radius 1 is 1.43 bits per heavy atom. The number of aromatic nitrogens is 1. The summed E-state index contributed by atoms with van der Waals surface area (Å²) in [7, 11) is 0. The number of benzene rings is 1. The summed E-state index contributed by atoms with van der Waals surface area (Å²) in [6, 6.07) is 6.37. The molecule has 23 heavy (non-hydrogen) atoms. The lowest BCUT2D eigenvalue weighted by Crippen LogP contribution is -3.13. The Morgan fingerprint density at radius 2 is 2.17 bits per heavy atom. The molecule has 5 nitrogen and oxygen atoms in total. The van der Waals surface area contributed by atoms with E-state index in [1.54, 1.807) is 30.0 Å². The summed E-state index contributed by atoms with van der Waals surface area (Å²) in [5.74, 6) is 0.221. The molecule has 0 unspecified atom stereocenters. The third-order valence-corrected chi connectivity index (χ3v) is 4.45. The van der Waals surface area contributed by atoms with E-state index < -0.39 is 0 Å². The molecular formula is C16H18ClFN3O2+. The molecule has 1 fully saturated rings. The average Bonchev–Trinajstić information content (AvgIpc) is 2.97. The number of nitrogens with zero attached hydrogens (tertiary/aromatic N) is 2. The van der Waals surface area contributed by atoms with Crippen LogP contribution in [0.5, 0.6) is 0 Å². The molecule has 122 valence electrons. The Bertz CT molecular complexity index is 691. The van der Waals surface area contributed by atoms with Crippen molar-refractivity contribution in [1.29, 1.82) is 0 Å². The maximum atomic E-state index is 13.9. The fraction of sp³-hybridized carbons (Fsp3) is 0.375. The number of nitrogens with one attached hydrogen (secondary N) is 1. The van der Waals surface area contributed by atoms with Gasteiger partial charge in [-0.3, -0.25) is 4.79 Å². The van der Waals surface area contributed by atoms with Crippen molar-refractivity contribution in [2.45, 2.75) is 13.5 Å². The standard InChI is InChI=1S/C16H17ClFN3O2/c1-11-9-15(19-23-11)16(22)21-7-5-20(6-8-21)10-12-13(17)3-2-4-14(12)18/h2-4,9H,5-8,10H2,1H3/p+1. The fourth-order valence-electron chi connectivity index (χ4n) is 2.78. The number of quaternary nitrogens is 1. The zero-order chi connectivity index (χ0) is 16.4. The Labute approximate surface area is 138 Å². The van der Waals surface area contributed by atoms with Gasteiger partial charge in [-0.25, -0.2) is 4.39 Å². The molecule has 2 heterocycles. The Balaban J connectivity index is 1.59.